The van der Waals surface area contributed by atoms with E-state index in [-0.39, 0.29) is 10.5 Å². The van der Waals surface area contributed by atoms with Gasteiger partial charge in [-0.3, -0.25) is 4.18 Å². The molecule has 0 aliphatic carbocycles. The summed E-state index contributed by atoms with van der Waals surface area (Å²) in [5.41, 5.74) is 0.285. The van der Waals surface area contributed by atoms with Crippen LogP contribution in [0.25, 0.3) is 0 Å². The summed E-state index contributed by atoms with van der Waals surface area (Å²) in [5, 5.41) is 0. The monoisotopic (exact) mass is 230 g/mol. The van der Waals surface area contributed by atoms with Crippen LogP contribution in [-0.4, -0.2) is 28.6 Å². The molecular formula is C9H10O5S. The van der Waals surface area contributed by atoms with E-state index in [1.807, 2.05) is 0 Å². The first-order valence-electron chi connectivity index (χ1n) is 4.00. The molecule has 0 saturated carbocycles. The van der Waals surface area contributed by atoms with Crippen molar-refractivity contribution in [2.75, 3.05) is 14.2 Å². The van der Waals surface area contributed by atoms with Crippen molar-refractivity contribution in [3.8, 4) is 0 Å². The molecule has 0 aliphatic heterocycles. The van der Waals surface area contributed by atoms with Crippen molar-refractivity contribution in [1.29, 1.82) is 0 Å². The molecule has 0 bridgehead atoms. The van der Waals surface area contributed by atoms with Gasteiger partial charge in [0.25, 0.3) is 10.1 Å². The van der Waals surface area contributed by atoms with Crippen molar-refractivity contribution in [3.05, 3.63) is 29.8 Å². The fourth-order valence-electron chi connectivity index (χ4n) is 0.972. The predicted molar refractivity (Wildman–Crippen MR) is 52.0 cm³/mol. The summed E-state index contributed by atoms with van der Waals surface area (Å²) in [5.74, 6) is -0.517. The normalized spacial score (nSPS) is 11.1. The molecule has 1 rings (SSSR count). The van der Waals surface area contributed by atoms with Gasteiger partial charge in [-0.15, -0.1) is 0 Å². The lowest BCUT2D eigenvalue weighted by molar-refractivity contribution is 0.0600. The van der Waals surface area contributed by atoms with Gasteiger partial charge in [0.15, 0.2) is 0 Å². The summed E-state index contributed by atoms with van der Waals surface area (Å²) < 4.78 is 31.2. The Hall–Kier alpha value is -1.40. The molecule has 0 atom stereocenters. The molecule has 0 radical (unpaired) electrons. The van der Waals surface area contributed by atoms with Gasteiger partial charge in [-0.2, -0.15) is 8.42 Å². The van der Waals surface area contributed by atoms with E-state index in [2.05, 4.69) is 8.92 Å². The summed E-state index contributed by atoms with van der Waals surface area (Å²) >= 11 is 0. The number of hydrogen-bond donors (Lipinski definition) is 0. The zero-order valence-corrected chi connectivity index (χ0v) is 9.08. The van der Waals surface area contributed by atoms with E-state index in [0.29, 0.717) is 0 Å². The van der Waals surface area contributed by atoms with Crippen molar-refractivity contribution in [1.82, 2.24) is 0 Å². The van der Waals surface area contributed by atoms with Crippen molar-refractivity contribution in [2.24, 2.45) is 0 Å². The van der Waals surface area contributed by atoms with Crippen molar-refractivity contribution < 1.29 is 22.1 Å². The summed E-state index contributed by atoms with van der Waals surface area (Å²) in [6.07, 6.45) is 0. The number of ether oxygens (including phenoxy) is 1. The zero-order chi connectivity index (χ0) is 11.5. The van der Waals surface area contributed by atoms with Crippen LogP contribution in [0.5, 0.6) is 0 Å². The van der Waals surface area contributed by atoms with Gasteiger partial charge in [0.05, 0.1) is 24.7 Å². The van der Waals surface area contributed by atoms with E-state index in [0.717, 1.165) is 7.11 Å². The molecule has 1 aromatic carbocycles. The van der Waals surface area contributed by atoms with E-state index < -0.39 is 16.1 Å². The molecule has 0 fully saturated rings. The molecular weight excluding hydrogens is 220 g/mol. The van der Waals surface area contributed by atoms with Crippen LogP contribution in [0.4, 0.5) is 0 Å². The minimum absolute atomic E-state index is 0.00217. The first-order chi connectivity index (χ1) is 7.01. The number of methoxy groups -OCH3 is 1. The van der Waals surface area contributed by atoms with Crippen molar-refractivity contribution in [2.45, 2.75) is 4.90 Å². The number of carbonyl (C=O) groups excluding carboxylic acids is 1. The quantitative estimate of drug-likeness (QED) is 0.567. The molecule has 0 saturated heterocycles. The van der Waals surface area contributed by atoms with Crippen molar-refractivity contribution >= 4 is 16.1 Å². The Morgan fingerprint density at radius 3 is 2.07 bits per heavy atom. The topological polar surface area (TPSA) is 69.7 Å². The molecule has 0 unspecified atom stereocenters. The van der Waals surface area contributed by atoms with Crippen LogP contribution in [0.15, 0.2) is 29.2 Å². The molecule has 0 heterocycles. The van der Waals surface area contributed by atoms with E-state index in [1.165, 1.54) is 31.4 Å². The van der Waals surface area contributed by atoms with Crippen LogP contribution in [0.1, 0.15) is 10.4 Å². The van der Waals surface area contributed by atoms with Crippen molar-refractivity contribution in [3.63, 3.8) is 0 Å². The highest BCUT2D eigenvalue weighted by atomic mass is 32.2. The Bertz CT molecular complexity index is 446. The van der Waals surface area contributed by atoms with Crippen LogP contribution in [0, 0.1) is 0 Å². The smallest absolute Gasteiger partial charge is 0.337 e. The third kappa shape index (κ3) is 2.54. The van der Waals surface area contributed by atoms with Gasteiger partial charge in [0.2, 0.25) is 0 Å². The number of benzene rings is 1. The molecule has 0 spiro atoms. The lowest BCUT2D eigenvalue weighted by atomic mass is 10.2. The van der Waals surface area contributed by atoms with Crippen LogP contribution in [-0.2, 0) is 19.0 Å². The molecule has 15 heavy (non-hydrogen) atoms. The highest BCUT2D eigenvalue weighted by Crippen LogP contribution is 2.12. The highest BCUT2D eigenvalue weighted by molar-refractivity contribution is 7.86. The Labute approximate surface area is 87.7 Å². The van der Waals surface area contributed by atoms with Gasteiger partial charge < -0.3 is 4.74 Å². The van der Waals surface area contributed by atoms with Gasteiger partial charge in [0.1, 0.15) is 0 Å². The summed E-state index contributed by atoms with van der Waals surface area (Å²) in [6, 6.07) is 5.28. The minimum Gasteiger partial charge on any atom is -0.465 e. The van der Waals surface area contributed by atoms with Crippen LogP contribution in [0.2, 0.25) is 0 Å². The second-order valence-electron chi connectivity index (χ2n) is 2.64. The fraction of sp³-hybridized carbons (Fsp3) is 0.222. The molecule has 0 N–H and O–H groups in total. The lowest BCUT2D eigenvalue weighted by Crippen LogP contribution is -2.05. The minimum atomic E-state index is -3.70. The average molecular weight is 230 g/mol. The second-order valence-corrected chi connectivity index (χ2v) is 4.35. The SMILES string of the molecule is COC(=O)c1ccc(S(=O)(=O)OC)cc1. The van der Waals surface area contributed by atoms with E-state index >= 15 is 0 Å². The number of rotatable bonds is 3. The van der Waals surface area contributed by atoms with Gasteiger partial charge in [0, 0.05) is 0 Å². The first-order valence-corrected chi connectivity index (χ1v) is 5.41. The third-order valence-electron chi connectivity index (χ3n) is 1.78. The Morgan fingerprint density at radius 1 is 1.13 bits per heavy atom. The maximum atomic E-state index is 11.2. The lowest BCUT2D eigenvalue weighted by Gasteiger charge is -2.02. The molecule has 0 aromatic heterocycles. The van der Waals surface area contributed by atoms with Gasteiger partial charge in [-0.1, -0.05) is 0 Å². The molecule has 5 nitrogen and oxygen atoms in total. The molecule has 82 valence electrons. The number of esters is 1. The Morgan fingerprint density at radius 2 is 1.67 bits per heavy atom. The van der Waals surface area contributed by atoms with E-state index in [4.69, 9.17) is 0 Å². The van der Waals surface area contributed by atoms with E-state index in [9.17, 15) is 13.2 Å². The van der Waals surface area contributed by atoms with Gasteiger partial charge in [-0.05, 0) is 24.3 Å². The first kappa shape index (κ1) is 11.7. The molecule has 0 aliphatic rings. The Kier molecular flexibility index (Phi) is 3.43. The van der Waals surface area contributed by atoms with Gasteiger partial charge in [-0.25, -0.2) is 4.79 Å². The molecule has 6 heteroatoms. The predicted octanol–water partition coefficient (Wildman–Crippen LogP) is 0.808. The van der Waals surface area contributed by atoms with Crippen LogP contribution < -0.4 is 0 Å². The summed E-state index contributed by atoms with van der Waals surface area (Å²) in [4.78, 5) is 11.0. The van der Waals surface area contributed by atoms with Crippen LogP contribution in [0.3, 0.4) is 0 Å². The average Bonchev–Trinajstić information content (AvgIpc) is 2.28. The van der Waals surface area contributed by atoms with Gasteiger partial charge >= 0.3 is 5.97 Å². The standard InChI is InChI=1S/C9H10O5S/c1-13-9(10)7-3-5-8(6-4-7)15(11,12)14-2/h3-6H,1-2H3. The fourth-order valence-corrected chi connectivity index (χ4v) is 1.63. The summed E-state index contributed by atoms with van der Waals surface area (Å²) in [6.45, 7) is 0. The summed E-state index contributed by atoms with van der Waals surface area (Å²) in [7, 11) is -1.37. The van der Waals surface area contributed by atoms with E-state index in [1.54, 1.807) is 0 Å². The third-order valence-corrected chi connectivity index (χ3v) is 3.07. The second kappa shape index (κ2) is 4.41. The maximum Gasteiger partial charge on any atom is 0.337 e. The largest absolute Gasteiger partial charge is 0.465 e. The van der Waals surface area contributed by atoms with Crippen LogP contribution >= 0.6 is 0 Å². The maximum absolute atomic E-state index is 11.2. The molecule has 0 amide bonds. The number of carbonyl (C=O) groups is 1. The molecule has 1 aromatic rings. The Balaban J connectivity index is 3.06. The zero-order valence-electron chi connectivity index (χ0n) is 8.26. The number of hydrogen-bond acceptors (Lipinski definition) is 5. The highest BCUT2D eigenvalue weighted by Gasteiger charge is 2.13.